The van der Waals surface area contributed by atoms with Crippen LogP contribution in [0.5, 0.6) is 11.5 Å². The van der Waals surface area contributed by atoms with Gasteiger partial charge in [0.1, 0.15) is 0 Å². The normalized spacial score (nSPS) is 22.3. The molecule has 0 aromatic heterocycles. The summed E-state index contributed by atoms with van der Waals surface area (Å²) in [5.41, 5.74) is 0. The van der Waals surface area contributed by atoms with Crippen LogP contribution >= 0.6 is 0 Å². The Balaban J connectivity index is 1.84. The first-order valence-electron chi connectivity index (χ1n) is 5.98. The van der Waals surface area contributed by atoms with E-state index in [1.807, 2.05) is 0 Å². The molecule has 98 valence electrons. The Morgan fingerprint density at radius 2 is 2.11 bits per heavy atom. The van der Waals surface area contributed by atoms with Crippen LogP contribution in [0.2, 0.25) is 0 Å². The van der Waals surface area contributed by atoms with Crippen molar-refractivity contribution >= 4 is 9.84 Å². The van der Waals surface area contributed by atoms with Crippen molar-refractivity contribution in [1.82, 2.24) is 5.32 Å². The van der Waals surface area contributed by atoms with Crippen molar-refractivity contribution in [2.24, 2.45) is 5.92 Å². The number of nitrogens with one attached hydrogen (secondary N) is 1. The number of hydrogen-bond donors (Lipinski definition) is 1. The molecule has 2 heterocycles. The molecule has 0 bridgehead atoms. The van der Waals surface area contributed by atoms with E-state index in [4.69, 9.17) is 9.47 Å². The Labute approximate surface area is 106 Å². The van der Waals surface area contributed by atoms with Crippen molar-refractivity contribution in [2.45, 2.75) is 11.3 Å². The lowest BCUT2D eigenvalue weighted by molar-refractivity contribution is 0.174. The zero-order chi connectivity index (χ0) is 12.6. The molecule has 3 rings (SSSR count). The molecule has 0 spiro atoms. The van der Waals surface area contributed by atoms with Gasteiger partial charge in [-0.2, -0.15) is 0 Å². The molecule has 1 unspecified atom stereocenters. The minimum absolute atomic E-state index is 0.158. The summed E-state index contributed by atoms with van der Waals surface area (Å²) in [7, 11) is -3.24. The summed E-state index contributed by atoms with van der Waals surface area (Å²) in [6.45, 7) is 1.84. The monoisotopic (exact) mass is 269 g/mol. The molecule has 1 saturated heterocycles. The zero-order valence-corrected chi connectivity index (χ0v) is 10.7. The molecule has 0 amide bonds. The van der Waals surface area contributed by atoms with Crippen LogP contribution in [-0.2, 0) is 9.84 Å². The predicted octanol–water partition coefficient (Wildman–Crippen LogP) is 0.798. The van der Waals surface area contributed by atoms with Crippen molar-refractivity contribution in [3.63, 3.8) is 0 Å². The van der Waals surface area contributed by atoms with Gasteiger partial charge < -0.3 is 14.8 Å². The van der Waals surface area contributed by atoms with Gasteiger partial charge in [0.05, 0.1) is 10.6 Å². The van der Waals surface area contributed by atoms with Gasteiger partial charge in [-0.15, -0.1) is 0 Å². The van der Waals surface area contributed by atoms with Gasteiger partial charge in [-0.3, -0.25) is 0 Å². The van der Waals surface area contributed by atoms with Crippen molar-refractivity contribution in [2.75, 3.05) is 25.6 Å². The summed E-state index contributed by atoms with van der Waals surface area (Å²) in [5, 5.41) is 3.18. The van der Waals surface area contributed by atoms with Crippen LogP contribution in [0.3, 0.4) is 0 Å². The average Bonchev–Trinajstić information content (AvgIpc) is 2.97. The summed E-state index contributed by atoms with van der Waals surface area (Å²) in [6.07, 6.45) is 0.920. The fourth-order valence-electron chi connectivity index (χ4n) is 2.33. The Kier molecular flexibility index (Phi) is 2.91. The van der Waals surface area contributed by atoms with Crippen molar-refractivity contribution in [3.8, 4) is 11.5 Å². The molecular weight excluding hydrogens is 254 g/mol. The maximum Gasteiger partial charge on any atom is 0.231 e. The molecule has 1 N–H and O–H groups in total. The fraction of sp³-hybridized carbons (Fsp3) is 0.500. The Hall–Kier alpha value is -1.27. The first-order chi connectivity index (χ1) is 8.65. The highest BCUT2D eigenvalue weighted by atomic mass is 32.2. The molecule has 1 atom stereocenters. The van der Waals surface area contributed by atoms with E-state index in [1.165, 1.54) is 0 Å². The second kappa shape index (κ2) is 4.44. The smallest absolute Gasteiger partial charge is 0.231 e. The lowest BCUT2D eigenvalue weighted by Gasteiger charge is -2.09. The first-order valence-corrected chi connectivity index (χ1v) is 7.63. The molecule has 5 nitrogen and oxygen atoms in total. The highest BCUT2D eigenvalue weighted by molar-refractivity contribution is 7.91. The fourth-order valence-corrected chi connectivity index (χ4v) is 3.99. The van der Waals surface area contributed by atoms with E-state index in [0.29, 0.717) is 16.4 Å². The van der Waals surface area contributed by atoms with Gasteiger partial charge in [-0.1, -0.05) is 0 Å². The molecule has 0 aliphatic carbocycles. The number of ether oxygens (including phenoxy) is 2. The van der Waals surface area contributed by atoms with E-state index in [9.17, 15) is 8.42 Å². The quantitative estimate of drug-likeness (QED) is 0.879. The van der Waals surface area contributed by atoms with Gasteiger partial charge in [0.25, 0.3) is 0 Å². The number of sulfone groups is 1. The van der Waals surface area contributed by atoms with Crippen LogP contribution < -0.4 is 14.8 Å². The standard InChI is InChI=1S/C12H15NO4S/c14-18(15,7-9-3-4-13-6-9)10-1-2-11-12(5-10)17-8-16-11/h1-2,5,9,13H,3-4,6-8H2. The lowest BCUT2D eigenvalue weighted by Crippen LogP contribution is -2.18. The summed E-state index contributed by atoms with van der Waals surface area (Å²) in [6, 6.07) is 4.80. The van der Waals surface area contributed by atoms with Gasteiger partial charge in [0.15, 0.2) is 21.3 Å². The second-order valence-corrected chi connectivity index (χ2v) is 6.69. The van der Waals surface area contributed by atoms with Crippen molar-refractivity contribution < 1.29 is 17.9 Å². The molecule has 0 saturated carbocycles. The third-order valence-corrected chi connectivity index (χ3v) is 5.20. The minimum Gasteiger partial charge on any atom is -0.454 e. The number of fused-ring (bicyclic) bond motifs is 1. The van der Waals surface area contributed by atoms with E-state index >= 15 is 0 Å². The van der Waals surface area contributed by atoms with Crippen LogP contribution in [0.4, 0.5) is 0 Å². The van der Waals surface area contributed by atoms with Crippen molar-refractivity contribution in [1.29, 1.82) is 0 Å². The molecule has 6 heteroatoms. The number of hydrogen-bond acceptors (Lipinski definition) is 5. The highest BCUT2D eigenvalue weighted by Gasteiger charge is 2.25. The Morgan fingerprint density at radius 1 is 1.28 bits per heavy atom. The molecule has 0 radical (unpaired) electrons. The second-order valence-electron chi connectivity index (χ2n) is 4.66. The minimum atomic E-state index is -3.24. The number of benzene rings is 1. The van der Waals surface area contributed by atoms with Crippen LogP contribution in [0, 0.1) is 5.92 Å². The van der Waals surface area contributed by atoms with Gasteiger partial charge in [-0.05, 0) is 37.6 Å². The predicted molar refractivity (Wildman–Crippen MR) is 65.6 cm³/mol. The maximum atomic E-state index is 12.3. The Bertz CT molecular complexity index is 549. The van der Waals surface area contributed by atoms with Crippen LogP contribution in [-0.4, -0.2) is 34.1 Å². The lowest BCUT2D eigenvalue weighted by atomic mass is 10.2. The third-order valence-electron chi connectivity index (χ3n) is 3.32. The molecule has 18 heavy (non-hydrogen) atoms. The van der Waals surface area contributed by atoms with Gasteiger partial charge in [0.2, 0.25) is 6.79 Å². The van der Waals surface area contributed by atoms with E-state index in [0.717, 1.165) is 19.5 Å². The summed E-state index contributed by atoms with van der Waals surface area (Å²) < 4.78 is 34.9. The van der Waals surface area contributed by atoms with Crippen molar-refractivity contribution in [3.05, 3.63) is 18.2 Å². The Morgan fingerprint density at radius 3 is 2.89 bits per heavy atom. The van der Waals surface area contributed by atoms with Gasteiger partial charge >= 0.3 is 0 Å². The topological polar surface area (TPSA) is 64.6 Å². The number of rotatable bonds is 3. The molecule has 1 fully saturated rings. The SMILES string of the molecule is O=S(=O)(CC1CCNC1)c1ccc2c(c1)OCO2. The average molecular weight is 269 g/mol. The van der Waals surface area contributed by atoms with Gasteiger partial charge in [-0.25, -0.2) is 8.42 Å². The van der Waals surface area contributed by atoms with Gasteiger partial charge in [0, 0.05) is 6.07 Å². The van der Waals surface area contributed by atoms with E-state index in [2.05, 4.69) is 5.32 Å². The molecule has 2 aliphatic heterocycles. The third kappa shape index (κ3) is 2.18. The molecular formula is C12H15NO4S. The summed E-state index contributed by atoms with van der Waals surface area (Å²) >= 11 is 0. The summed E-state index contributed by atoms with van der Waals surface area (Å²) in [5.74, 6) is 1.53. The summed E-state index contributed by atoms with van der Waals surface area (Å²) in [4.78, 5) is 0.318. The highest BCUT2D eigenvalue weighted by Crippen LogP contribution is 2.34. The van der Waals surface area contributed by atoms with E-state index < -0.39 is 9.84 Å². The van der Waals surface area contributed by atoms with Crippen LogP contribution in [0.25, 0.3) is 0 Å². The zero-order valence-electron chi connectivity index (χ0n) is 9.89. The molecule has 1 aromatic rings. The van der Waals surface area contributed by atoms with E-state index in [1.54, 1.807) is 18.2 Å². The maximum absolute atomic E-state index is 12.3. The molecule has 2 aliphatic rings. The largest absolute Gasteiger partial charge is 0.454 e. The molecule has 1 aromatic carbocycles. The van der Waals surface area contributed by atoms with Crippen LogP contribution in [0.15, 0.2) is 23.1 Å². The van der Waals surface area contributed by atoms with Crippen LogP contribution in [0.1, 0.15) is 6.42 Å². The van der Waals surface area contributed by atoms with E-state index in [-0.39, 0.29) is 18.5 Å². The first kappa shape index (κ1) is 11.8.